The summed E-state index contributed by atoms with van der Waals surface area (Å²) in [5.41, 5.74) is 0. The fraction of sp³-hybridized carbons (Fsp3) is 0.833. The monoisotopic (exact) mass is 212 g/mol. The van der Waals surface area contributed by atoms with E-state index >= 15 is 0 Å². The Morgan fingerprint density at radius 2 is 1.92 bits per heavy atom. The summed E-state index contributed by atoms with van der Waals surface area (Å²) >= 11 is 0. The van der Waals surface area contributed by atoms with Crippen molar-refractivity contribution in [3.8, 4) is 0 Å². The highest BCUT2D eigenvalue weighted by Crippen LogP contribution is 1.96. The van der Waals surface area contributed by atoms with Gasteiger partial charge in [-0.1, -0.05) is 0 Å². The molecular formula is C6H15NO5P+. The molecule has 1 N–H and O–H groups in total. The maximum atomic E-state index is 9.81. The van der Waals surface area contributed by atoms with E-state index in [1.807, 2.05) is 0 Å². The molecule has 0 aromatic rings. The lowest BCUT2D eigenvalue weighted by Crippen LogP contribution is -2.37. The van der Waals surface area contributed by atoms with Crippen LogP contribution in [0.1, 0.15) is 0 Å². The van der Waals surface area contributed by atoms with Gasteiger partial charge in [0.25, 0.3) is 0 Å². The van der Waals surface area contributed by atoms with E-state index in [0.717, 1.165) is 11.0 Å². The highest BCUT2D eigenvalue weighted by Gasteiger charge is 2.06. The highest BCUT2D eigenvalue weighted by molar-refractivity contribution is 7.17. The molecule has 0 amide bonds. The Labute approximate surface area is 78.6 Å². The van der Waals surface area contributed by atoms with E-state index in [1.54, 1.807) is 0 Å². The lowest BCUT2D eigenvalue weighted by atomic mass is 10.5. The van der Waals surface area contributed by atoms with Crippen molar-refractivity contribution < 1.29 is 28.6 Å². The van der Waals surface area contributed by atoms with E-state index in [-0.39, 0.29) is 0 Å². The van der Waals surface area contributed by atoms with Crippen LogP contribution in [-0.4, -0.2) is 50.0 Å². The van der Waals surface area contributed by atoms with Gasteiger partial charge in [0.2, 0.25) is 6.16 Å². The van der Waals surface area contributed by atoms with Crippen LogP contribution >= 0.6 is 8.69 Å². The number of carbonyl (C=O) groups is 1. The van der Waals surface area contributed by atoms with Gasteiger partial charge in [-0.15, -0.1) is 4.52 Å². The van der Waals surface area contributed by atoms with Crippen molar-refractivity contribution in [2.75, 3.05) is 34.3 Å². The van der Waals surface area contributed by atoms with Crippen molar-refractivity contribution in [3.05, 3.63) is 0 Å². The van der Waals surface area contributed by atoms with Crippen molar-refractivity contribution in [2.45, 2.75) is 0 Å². The highest BCUT2D eigenvalue weighted by atomic mass is 31.1. The lowest BCUT2D eigenvalue weighted by molar-refractivity contribution is -0.870. The first-order valence-corrected chi connectivity index (χ1v) is 4.30. The van der Waals surface area contributed by atoms with Crippen LogP contribution < -0.4 is 5.11 Å². The molecule has 0 aromatic carbocycles. The Morgan fingerprint density at radius 3 is 2.15 bits per heavy atom. The number of nitrogens with zero attached hydrogens (tertiary/aromatic N) is 1. The van der Waals surface area contributed by atoms with E-state index in [4.69, 9.17) is 15.0 Å². The smallest absolute Gasteiger partial charge is 0.494 e. The van der Waals surface area contributed by atoms with Gasteiger partial charge in [0.1, 0.15) is 6.54 Å². The molecule has 0 rings (SSSR count). The zero-order chi connectivity index (χ0) is 10.9. The molecule has 0 aromatic heterocycles. The SMILES string of the molecule is C[N+](C)(C)CCO[PH+]=O.O=C([O-])O. The van der Waals surface area contributed by atoms with Gasteiger partial charge in [0, 0.05) is 0 Å². The summed E-state index contributed by atoms with van der Waals surface area (Å²) in [6.45, 7) is 1.47. The molecule has 7 heteroatoms. The molecule has 0 aliphatic carbocycles. The average Bonchev–Trinajstić information content (AvgIpc) is 1.83. The van der Waals surface area contributed by atoms with Crippen molar-refractivity contribution in [3.63, 3.8) is 0 Å². The van der Waals surface area contributed by atoms with Gasteiger partial charge in [-0.05, 0) is 4.57 Å². The molecule has 0 saturated heterocycles. The number of hydrogen-bond acceptors (Lipinski definition) is 4. The first-order valence-electron chi connectivity index (χ1n) is 3.49. The van der Waals surface area contributed by atoms with Crippen LogP contribution in [-0.2, 0) is 9.09 Å². The molecule has 0 radical (unpaired) electrons. The molecule has 0 fully saturated rings. The number of hydrogen-bond donors (Lipinski definition) is 1. The predicted octanol–water partition coefficient (Wildman–Crippen LogP) is -0.464. The Balaban J connectivity index is 0. The standard InChI is InChI=1S/C5H14NO2P.CH2O3/c1-6(2,3)4-5-8-9-7;2-1(3)4/h9H,4-5H2,1-3H3;(H2,2,3,4)/q+2;/p-1. The van der Waals surface area contributed by atoms with Gasteiger partial charge in [-0.25, -0.2) is 0 Å². The number of carboxylic acid groups (broad SMARTS) is 2. The summed E-state index contributed by atoms with van der Waals surface area (Å²) in [5, 5.41) is 15.3. The second-order valence-electron chi connectivity index (χ2n) is 3.21. The summed E-state index contributed by atoms with van der Waals surface area (Å²) in [7, 11) is 5.58. The molecule has 0 heterocycles. The molecule has 0 spiro atoms. The Kier molecular flexibility index (Phi) is 9.01. The minimum absolute atomic E-state index is 0.575. The second-order valence-corrected chi connectivity index (χ2v) is 3.67. The topological polar surface area (TPSA) is 86.7 Å². The summed E-state index contributed by atoms with van der Waals surface area (Å²) in [6.07, 6.45) is -2.08. The van der Waals surface area contributed by atoms with Crippen LogP contribution in [0.3, 0.4) is 0 Å². The van der Waals surface area contributed by atoms with Crippen molar-refractivity contribution in [2.24, 2.45) is 0 Å². The molecular weight excluding hydrogens is 197 g/mol. The van der Waals surface area contributed by atoms with Crippen LogP contribution in [0.5, 0.6) is 0 Å². The van der Waals surface area contributed by atoms with E-state index in [1.165, 1.54) is 0 Å². The fourth-order valence-electron chi connectivity index (χ4n) is 0.361. The molecule has 0 saturated carbocycles. The van der Waals surface area contributed by atoms with Gasteiger partial charge in [-0.2, -0.15) is 0 Å². The van der Waals surface area contributed by atoms with Gasteiger partial charge >= 0.3 is 8.69 Å². The lowest BCUT2D eigenvalue weighted by Gasteiger charge is -2.21. The second kappa shape index (κ2) is 7.91. The van der Waals surface area contributed by atoms with Crippen LogP contribution in [0.4, 0.5) is 4.79 Å². The normalized spacial score (nSPS) is 10.4. The molecule has 78 valence electrons. The van der Waals surface area contributed by atoms with E-state index < -0.39 is 14.8 Å². The van der Waals surface area contributed by atoms with Crippen molar-refractivity contribution in [1.82, 2.24) is 0 Å². The first kappa shape index (κ1) is 14.8. The molecule has 0 bridgehead atoms. The van der Waals surface area contributed by atoms with Gasteiger partial charge < -0.3 is 19.5 Å². The fourth-order valence-corrected chi connectivity index (χ4v) is 0.536. The molecule has 6 nitrogen and oxygen atoms in total. The summed E-state index contributed by atoms with van der Waals surface area (Å²) in [6, 6.07) is 0. The zero-order valence-corrected chi connectivity index (χ0v) is 8.94. The Hall–Kier alpha value is -0.710. The van der Waals surface area contributed by atoms with Gasteiger partial charge in [0.15, 0.2) is 6.61 Å². The van der Waals surface area contributed by atoms with Crippen LogP contribution in [0.25, 0.3) is 0 Å². The minimum atomic E-state index is -2.08. The maximum absolute atomic E-state index is 9.81. The summed E-state index contributed by atoms with van der Waals surface area (Å²) < 4.78 is 15.3. The van der Waals surface area contributed by atoms with E-state index in [2.05, 4.69) is 25.7 Å². The molecule has 0 aliphatic heterocycles. The third-order valence-electron chi connectivity index (χ3n) is 0.923. The average molecular weight is 212 g/mol. The van der Waals surface area contributed by atoms with Crippen molar-refractivity contribution in [1.29, 1.82) is 0 Å². The van der Waals surface area contributed by atoms with Gasteiger partial charge in [0.05, 0.1) is 21.1 Å². The van der Waals surface area contributed by atoms with Crippen molar-refractivity contribution >= 4 is 14.8 Å². The largest absolute Gasteiger partial charge is 0.565 e. The summed E-state index contributed by atoms with van der Waals surface area (Å²) in [5.74, 6) is 0. The molecule has 1 atom stereocenters. The first-order chi connectivity index (χ1) is 5.79. The van der Waals surface area contributed by atoms with Crippen LogP contribution in [0.15, 0.2) is 0 Å². The quantitative estimate of drug-likeness (QED) is 0.387. The third-order valence-corrected chi connectivity index (χ3v) is 1.25. The van der Waals surface area contributed by atoms with E-state index in [0.29, 0.717) is 6.61 Å². The number of likely N-dealkylation sites (N-methyl/N-ethyl adjacent to an activating group) is 1. The number of rotatable bonds is 4. The summed E-state index contributed by atoms with van der Waals surface area (Å²) in [4.78, 5) is 8.44. The predicted molar refractivity (Wildman–Crippen MR) is 45.9 cm³/mol. The third kappa shape index (κ3) is 34.8. The number of quaternary nitrogens is 1. The van der Waals surface area contributed by atoms with Gasteiger partial charge in [-0.3, -0.25) is 0 Å². The van der Waals surface area contributed by atoms with Crippen LogP contribution in [0.2, 0.25) is 0 Å². The molecule has 1 unspecified atom stereocenters. The maximum Gasteiger partial charge on any atom is 0.494 e. The Morgan fingerprint density at radius 1 is 1.54 bits per heavy atom. The molecule has 0 aliphatic rings. The minimum Gasteiger partial charge on any atom is -0.565 e. The zero-order valence-electron chi connectivity index (χ0n) is 7.94. The molecule has 13 heavy (non-hydrogen) atoms. The Bertz CT molecular complexity index is 152. The van der Waals surface area contributed by atoms with E-state index in [9.17, 15) is 4.57 Å². The van der Waals surface area contributed by atoms with Crippen LogP contribution in [0, 0.1) is 0 Å².